The van der Waals surface area contributed by atoms with Crippen LogP contribution in [0, 0.1) is 16.7 Å². The number of rotatable bonds is 11. The molecule has 0 rings (SSSR count). The zero-order chi connectivity index (χ0) is 26.3. The first kappa shape index (κ1) is 35.5. The molecule has 0 heterocycles. The van der Waals surface area contributed by atoms with E-state index >= 15 is 0 Å². The fourth-order valence-corrected chi connectivity index (χ4v) is 3.32. The molecule has 194 valence electrons. The quantitative estimate of drug-likeness (QED) is 0.323. The number of amides is 1. The summed E-state index contributed by atoms with van der Waals surface area (Å²) >= 11 is 0. The lowest BCUT2D eigenvalue weighted by atomic mass is 9.74. The molecule has 0 aliphatic rings. The molecular weight excluding hydrogens is 410 g/mol. The summed E-state index contributed by atoms with van der Waals surface area (Å²) in [6, 6.07) is 0.00740. The summed E-state index contributed by atoms with van der Waals surface area (Å²) in [5.41, 5.74) is -0.986. The molecule has 0 bridgehead atoms. The lowest BCUT2D eigenvalue weighted by Crippen LogP contribution is -2.54. The Bertz CT molecular complexity index is 499. The van der Waals surface area contributed by atoms with Crippen molar-refractivity contribution >= 4 is 12.2 Å². The van der Waals surface area contributed by atoms with Gasteiger partial charge in [0.05, 0.1) is 6.04 Å². The van der Waals surface area contributed by atoms with Gasteiger partial charge in [-0.25, -0.2) is 8.78 Å². The second-order valence-corrected chi connectivity index (χ2v) is 11.6. The number of nitrogens with one attached hydrogen (secondary N) is 2. The third-order valence-electron chi connectivity index (χ3n) is 4.64. The van der Waals surface area contributed by atoms with Gasteiger partial charge in [-0.3, -0.25) is 4.79 Å². The Hall–Kier alpha value is -1.04. The van der Waals surface area contributed by atoms with E-state index < -0.39 is 6.43 Å². The minimum absolute atomic E-state index is 0.0278. The van der Waals surface area contributed by atoms with E-state index in [2.05, 4.69) is 52.2 Å². The van der Waals surface area contributed by atoms with Crippen molar-refractivity contribution in [3.63, 3.8) is 0 Å². The van der Waals surface area contributed by atoms with Crippen LogP contribution in [-0.4, -0.2) is 36.2 Å². The average molecular weight is 465 g/mol. The second kappa shape index (κ2) is 16.6. The molecule has 0 radical (unpaired) electrons. The number of hydrogen-bond acceptors (Lipinski definition) is 3. The van der Waals surface area contributed by atoms with Crippen LogP contribution in [-0.2, 0) is 9.59 Å². The maximum atomic E-state index is 12.6. The predicted octanol–water partition coefficient (Wildman–Crippen LogP) is 7.01. The summed E-state index contributed by atoms with van der Waals surface area (Å²) in [4.78, 5) is 24.1. The molecule has 0 fully saturated rings. The average Bonchev–Trinajstić information content (AvgIpc) is 2.57. The van der Waals surface area contributed by atoms with Crippen molar-refractivity contribution in [1.29, 1.82) is 0 Å². The zero-order valence-corrected chi connectivity index (χ0v) is 23.3. The Morgan fingerprint density at radius 3 is 1.62 bits per heavy atom. The third kappa shape index (κ3) is 19.6. The molecule has 0 aromatic heterocycles. The van der Waals surface area contributed by atoms with Gasteiger partial charge < -0.3 is 15.4 Å². The van der Waals surface area contributed by atoms with Gasteiger partial charge in [0.25, 0.3) is 0 Å². The Morgan fingerprint density at radius 1 is 0.938 bits per heavy atom. The molecule has 32 heavy (non-hydrogen) atoms. The SMILES string of the molecule is CC(C)C.CCC(F)F.CCCC(C)(C)C(=O)NC(C)(C)CC(C)(C)C(C=O)NC(C)C. The van der Waals surface area contributed by atoms with Crippen LogP contribution in [0.1, 0.15) is 116 Å². The predicted molar refractivity (Wildman–Crippen MR) is 134 cm³/mol. The standard InChI is InChI=1S/C19H38N2O2.C4H10.C3H6F2/c1-10-11-17(4,5)16(23)21-19(8,9)13-18(6,7)15(12-22)20-14(2)3;1-4(2)3;1-2-3(4)5/h12,14-15,20H,10-11,13H2,1-9H3,(H,21,23);4H,1-3H3;3H,2H2,1H3. The van der Waals surface area contributed by atoms with Crippen molar-refractivity contribution in [2.45, 2.75) is 140 Å². The van der Waals surface area contributed by atoms with Gasteiger partial charge in [0, 0.05) is 23.4 Å². The summed E-state index contributed by atoms with van der Waals surface area (Å²) < 4.78 is 21.5. The van der Waals surface area contributed by atoms with Gasteiger partial charge in [0.1, 0.15) is 6.29 Å². The smallest absolute Gasteiger partial charge is 0.238 e. The fourth-order valence-electron chi connectivity index (χ4n) is 3.32. The van der Waals surface area contributed by atoms with E-state index in [0.717, 1.165) is 31.5 Å². The summed E-state index contributed by atoms with van der Waals surface area (Å²) in [7, 11) is 0. The maximum absolute atomic E-state index is 12.6. The summed E-state index contributed by atoms with van der Waals surface area (Å²) in [5, 5.41) is 6.50. The van der Waals surface area contributed by atoms with Crippen molar-refractivity contribution in [2.24, 2.45) is 16.7 Å². The topological polar surface area (TPSA) is 58.2 Å². The van der Waals surface area contributed by atoms with Crippen molar-refractivity contribution in [2.75, 3.05) is 0 Å². The first-order valence-corrected chi connectivity index (χ1v) is 12.1. The first-order valence-electron chi connectivity index (χ1n) is 12.1. The number of alkyl halides is 2. The molecular formula is C26H54F2N2O2. The van der Waals surface area contributed by atoms with E-state index in [1.807, 2.05) is 41.5 Å². The number of carbonyl (C=O) groups is 2. The Balaban J connectivity index is -0.000000783. The summed E-state index contributed by atoms with van der Waals surface area (Å²) in [6.07, 6.45) is 1.41. The van der Waals surface area contributed by atoms with E-state index in [0.29, 0.717) is 0 Å². The van der Waals surface area contributed by atoms with Gasteiger partial charge >= 0.3 is 0 Å². The molecule has 0 aromatic carbocycles. The molecule has 1 atom stereocenters. The highest BCUT2D eigenvalue weighted by Gasteiger charge is 2.38. The van der Waals surface area contributed by atoms with E-state index in [9.17, 15) is 18.4 Å². The van der Waals surface area contributed by atoms with Crippen molar-refractivity contribution in [1.82, 2.24) is 10.6 Å². The largest absolute Gasteiger partial charge is 0.351 e. The van der Waals surface area contributed by atoms with Crippen LogP contribution in [0.2, 0.25) is 0 Å². The third-order valence-corrected chi connectivity index (χ3v) is 4.64. The number of halogens is 2. The van der Waals surface area contributed by atoms with Crippen LogP contribution in [0.3, 0.4) is 0 Å². The normalized spacial score (nSPS) is 13.2. The molecule has 0 spiro atoms. The van der Waals surface area contributed by atoms with Crippen LogP contribution in [0.15, 0.2) is 0 Å². The molecule has 0 aliphatic carbocycles. The highest BCUT2D eigenvalue weighted by molar-refractivity contribution is 5.82. The molecule has 0 saturated carbocycles. The van der Waals surface area contributed by atoms with E-state index in [4.69, 9.17) is 0 Å². The molecule has 4 nitrogen and oxygen atoms in total. The van der Waals surface area contributed by atoms with Crippen LogP contribution in [0.4, 0.5) is 8.78 Å². The fraction of sp³-hybridized carbons (Fsp3) is 0.923. The van der Waals surface area contributed by atoms with Gasteiger partial charge in [-0.15, -0.1) is 0 Å². The zero-order valence-electron chi connectivity index (χ0n) is 23.3. The molecule has 1 amide bonds. The second-order valence-electron chi connectivity index (χ2n) is 11.6. The molecule has 0 aliphatic heterocycles. The number of carbonyl (C=O) groups excluding carboxylic acids is 2. The molecule has 1 unspecified atom stereocenters. The minimum Gasteiger partial charge on any atom is -0.351 e. The first-order chi connectivity index (χ1) is 14.3. The molecule has 0 aromatic rings. The van der Waals surface area contributed by atoms with Crippen molar-refractivity contribution in [3.05, 3.63) is 0 Å². The van der Waals surface area contributed by atoms with Crippen LogP contribution in [0.5, 0.6) is 0 Å². The van der Waals surface area contributed by atoms with Gasteiger partial charge in [0.2, 0.25) is 12.3 Å². The Kier molecular flexibility index (Phi) is 18.4. The van der Waals surface area contributed by atoms with Gasteiger partial charge in [-0.05, 0) is 38.0 Å². The highest BCUT2D eigenvalue weighted by Crippen LogP contribution is 2.32. The Morgan fingerprint density at radius 2 is 1.34 bits per heavy atom. The maximum Gasteiger partial charge on any atom is 0.238 e. The van der Waals surface area contributed by atoms with Crippen molar-refractivity contribution < 1.29 is 18.4 Å². The van der Waals surface area contributed by atoms with Crippen LogP contribution < -0.4 is 10.6 Å². The number of hydrogen-bond donors (Lipinski definition) is 2. The minimum atomic E-state index is -2.12. The number of aldehydes is 1. The van der Waals surface area contributed by atoms with E-state index in [1.165, 1.54) is 6.92 Å². The highest BCUT2D eigenvalue weighted by atomic mass is 19.3. The lowest BCUT2D eigenvalue weighted by Gasteiger charge is -2.41. The van der Waals surface area contributed by atoms with Crippen LogP contribution in [0.25, 0.3) is 0 Å². The summed E-state index contributed by atoms with van der Waals surface area (Å²) in [5.74, 6) is 0.916. The molecule has 0 saturated heterocycles. The lowest BCUT2D eigenvalue weighted by molar-refractivity contribution is -0.131. The van der Waals surface area contributed by atoms with Gasteiger partial charge in [-0.2, -0.15) is 0 Å². The monoisotopic (exact) mass is 464 g/mol. The van der Waals surface area contributed by atoms with E-state index in [-0.39, 0.29) is 40.8 Å². The van der Waals surface area contributed by atoms with Crippen molar-refractivity contribution in [3.8, 4) is 0 Å². The van der Waals surface area contributed by atoms with Gasteiger partial charge in [0.15, 0.2) is 0 Å². The van der Waals surface area contributed by atoms with E-state index in [1.54, 1.807) is 0 Å². The molecule has 2 N–H and O–H groups in total. The van der Waals surface area contributed by atoms with Gasteiger partial charge in [-0.1, -0.05) is 82.6 Å². The Labute approximate surface area is 198 Å². The molecule has 6 heteroatoms. The van der Waals surface area contributed by atoms with Crippen LogP contribution >= 0.6 is 0 Å². The summed E-state index contributed by atoms with van der Waals surface area (Å²) in [6.45, 7) is 26.3.